The molecule has 2 aromatic heterocycles. The number of rotatable bonds is 5. The van der Waals surface area contributed by atoms with E-state index in [0.29, 0.717) is 18.8 Å². The number of alkyl halides is 1. The van der Waals surface area contributed by atoms with Gasteiger partial charge in [-0.3, -0.25) is 0 Å². The van der Waals surface area contributed by atoms with Crippen molar-refractivity contribution in [1.29, 1.82) is 0 Å². The van der Waals surface area contributed by atoms with E-state index in [4.69, 9.17) is 16.3 Å². The molecule has 0 aliphatic rings. The molecule has 0 aliphatic carbocycles. The van der Waals surface area contributed by atoms with Crippen molar-refractivity contribution in [2.24, 2.45) is 0 Å². The summed E-state index contributed by atoms with van der Waals surface area (Å²) in [5.41, 5.74) is 1.84. The van der Waals surface area contributed by atoms with E-state index in [2.05, 4.69) is 37.8 Å². The van der Waals surface area contributed by atoms with Gasteiger partial charge in [-0.1, -0.05) is 6.07 Å². The van der Waals surface area contributed by atoms with E-state index in [1.54, 1.807) is 12.4 Å². The van der Waals surface area contributed by atoms with Crippen LogP contribution in [0.5, 0.6) is 5.75 Å². The smallest absolute Gasteiger partial charge is 0.141 e. The molecule has 0 bridgehead atoms. The minimum Gasteiger partial charge on any atom is -0.487 e. The van der Waals surface area contributed by atoms with Crippen molar-refractivity contribution in [3.05, 3.63) is 45.6 Å². The number of nitrogens with zero attached hydrogens (tertiary/aromatic N) is 3. The van der Waals surface area contributed by atoms with Crippen LogP contribution in [-0.2, 0) is 13.0 Å². The molecule has 2 heterocycles. The molecule has 0 saturated heterocycles. The van der Waals surface area contributed by atoms with E-state index in [1.807, 2.05) is 32.0 Å². The summed E-state index contributed by atoms with van der Waals surface area (Å²) in [6.45, 7) is 4.35. The van der Waals surface area contributed by atoms with E-state index < -0.39 is 0 Å². The molecule has 0 unspecified atom stereocenters. The molecule has 0 aliphatic heterocycles. The third-order valence-corrected chi connectivity index (χ3v) is 3.25. The molecular weight excluding hydrogens is 389 g/mol. The maximum absolute atomic E-state index is 6.19. The quantitative estimate of drug-likeness (QED) is 0.435. The van der Waals surface area contributed by atoms with Gasteiger partial charge in [-0.2, -0.15) is 10.2 Å². The number of aromatic nitrogens is 3. The lowest BCUT2D eigenvalue weighted by Crippen LogP contribution is -2.15. The molecule has 4 nitrogen and oxygen atoms in total. The average molecular weight is 404 g/mol. The number of ether oxygens (including phenoxy) is 1. The normalized spacial score (nSPS) is 11.4. The van der Waals surface area contributed by atoms with Crippen molar-refractivity contribution in [1.82, 2.24) is 15.2 Å². The first-order valence-corrected chi connectivity index (χ1v) is 7.62. The number of pyridine rings is 1. The molecule has 0 amide bonds. The monoisotopic (exact) mass is 403 g/mol. The topological polar surface area (TPSA) is 47.9 Å². The third-order valence-electron chi connectivity index (χ3n) is 2.48. The van der Waals surface area contributed by atoms with Gasteiger partial charge in [-0.15, -0.1) is 11.6 Å². The maximum atomic E-state index is 6.19. The van der Waals surface area contributed by atoms with E-state index in [1.165, 1.54) is 0 Å². The molecule has 20 heavy (non-hydrogen) atoms. The van der Waals surface area contributed by atoms with E-state index in [9.17, 15) is 0 Å². The highest BCUT2D eigenvalue weighted by Gasteiger charge is 2.15. The predicted molar refractivity (Wildman–Crippen MR) is 87.0 cm³/mol. The van der Waals surface area contributed by atoms with Crippen LogP contribution in [0.3, 0.4) is 0 Å². The summed E-state index contributed by atoms with van der Waals surface area (Å²) in [5, 5.41) is 8.01. The lowest BCUT2D eigenvalue weighted by atomic mass is 10.1. The number of halogens is 2. The fourth-order valence-corrected chi connectivity index (χ4v) is 2.10. The molecule has 0 N–H and O–H groups in total. The van der Waals surface area contributed by atoms with Crippen molar-refractivity contribution in [3.63, 3.8) is 0 Å². The summed E-state index contributed by atoms with van der Waals surface area (Å²) >= 11 is 8.36. The Morgan fingerprint density at radius 2 is 2.10 bits per heavy atom. The molecule has 0 radical (unpaired) electrons. The molecular formula is C14H15ClIN3O. The zero-order chi connectivity index (χ0) is 14.6. The van der Waals surface area contributed by atoms with Crippen LogP contribution in [0.1, 0.15) is 25.1 Å². The largest absolute Gasteiger partial charge is 0.487 e. The zero-order valence-electron chi connectivity index (χ0n) is 11.3. The van der Waals surface area contributed by atoms with Gasteiger partial charge in [0.2, 0.25) is 0 Å². The van der Waals surface area contributed by atoms with Crippen LogP contribution >= 0.6 is 34.2 Å². The first-order chi connectivity index (χ1) is 9.42. The number of hydrogen-bond acceptors (Lipinski definition) is 4. The minimum atomic E-state index is -0.340. The fraction of sp³-hybridized carbons (Fsp3) is 0.357. The van der Waals surface area contributed by atoms with Gasteiger partial charge in [0, 0.05) is 29.1 Å². The highest BCUT2D eigenvalue weighted by molar-refractivity contribution is 14.1. The van der Waals surface area contributed by atoms with Crippen LogP contribution in [0, 0.1) is 3.70 Å². The lowest BCUT2D eigenvalue weighted by molar-refractivity contribution is 0.303. The molecule has 0 spiro atoms. The standard InChI is InChI=1S/C14H15ClIN3O/c1-14(2,15)6-11-5-12(8-18-19-11)20-9-10-3-4-13(16)17-7-10/h3-5,7-8H,6,9H2,1-2H3. The molecule has 106 valence electrons. The lowest BCUT2D eigenvalue weighted by Gasteiger charge is -2.14. The van der Waals surface area contributed by atoms with Gasteiger partial charge >= 0.3 is 0 Å². The Morgan fingerprint density at radius 1 is 1.30 bits per heavy atom. The van der Waals surface area contributed by atoms with Gasteiger partial charge < -0.3 is 4.74 Å². The van der Waals surface area contributed by atoms with Gasteiger partial charge in [0.15, 0.2) is 0 Å². The second-order valence-electron chi connectivity index (χ2n) is 5.06. The van der Waals surface area contributed by atoms with Crippen molar-refractivity contribution >= 4 is 34.2 Å². The molecule has 0 aromatic carbocycles. The van der Waals surface area contributed by atoms with Crippen molar-refractivity contribution in [2.45, 2.75) is 31.7 Å². The molecule has 2 rings (SSSR count). The summed E-state index contributed by atoms with van der Waals surface area (Å²) in [5.74, 6) is 0.689. The number of hydrogen-bond donors (Lipinski definition) is 0. The van der Waals surface area contributed by atoms with E-state index in [-0.39, 0.29) is 4.87 Å². The highest BCUT2D eigenvalue weighted by Crippen LogP contribution is 2.20. The molecule has 2 aromatic rings. The highest BCUT2D eigenvalue weighted by atomic mass is 127. The summed E-state index contributed by atoms with van der Waals surface area (Å²) in [4.78, 5) is 3.88. The zero-order valence-corrected chi connectivity index (χ0v) is 14.2. The average Bonchev–Trinajstić information content (AvgIpc) is 2.36. The van der Waals surface area contributed by atoms with Crippen LogP contribution in [0.25, 0.3) is 0 Å². The summed E-state index contributed by atoms with van der Waals surface area (Å²) in [6, 6.07) is 5.81. The summed E-state index contributed by atoms with van der Waals surface area (Å²) in [6.07, 6.45) is 4.05. The molecule has 0 saturated carbocycles. The molecule has 0 atom stereocenters. The van der Waals surface area contributed by atoms with Crippen LogP contribution in [0.2, 0.25) is 0 Å². The van der Waals surface area contributed by atoms with Gasteiger partial charge in [0.05, 0.1) is 11.9 Å². The van der Waals surface area contributed by atoms with Crippen molar-refractivity contribution in [2.75, 3.05) is 0 Å². The Kier molecular flexibility index (Phi) is 5.15. The first kappa shape index (κ1) is 15.4. The van der Waals surface area contributed by atoms with Crippen LogP contribution in [0.4, 0.5) is 0 Å². The van der Waals surface area contributed by atoms with E-state index in [0.717, 1.165) is 15.0 Å². The van der Waals surface area contributed by atoms with Crippen LogP contribution in [0.15, 0.2) is 30.6 Å². The van der Waals surface area contributed by atoms with Crippen molar-refractivity contribution in [3.8, 4) is 5.75 Å². The molecule has 6 heteroatoms. The van der Waals surface area contributed by atoms with Crippen LogP contribution < -0.4 is 4.74 Å². The Bertz CT molecular complexity index is 569. The second-order valence-corrected chi connectivity index (χ2v) is 7.18. The van der Waals surface area contributed by atoms with Gasteiger partial charge in [0.25, 0.3) is 0 Å². The van der Waals surface area contributed by atoms with Gasteiger partial charge in [-0.05, 0) is 42.5 Å². The maximum Gasteiger partial charge on any atom is 0.141 e. The van der Waals surface area contributed by atoms with Crippen molar-refractivity contribution < 1.29 is 4.74 Å². The van der Waals surface area contributed by atoms with Gasteiger partial charge in [-0.25, -0.2) is 4.98 Å². The fourth-order valence-electron chi connectivity index (χ4n) is 1.64. The van der Waals surface area contributed by atoms with Crippen LogP contribution in [-0.4, -0.2) is 20.1 Å². The minimum absolute atomic E-state index is 0.340. The SMILES string of the molecule is CC(C)(Cl)Cc1cc(OCc2ccc(I)nc2)cnn1. The Hall–Kier alpha value is -0.950. The third kappa shape index (κ3) is 5.20. The van der Waals surface area contributed by atoms with Gasteiger partial charge in [0.1, 0.15) is 16.1 Å². The Balaban J connectivity index is 1.99. The predicted octanol–water partition coefficient (Wildman–Crippen LogP) is 3.62. The van der Waals surface area contributed by atoms with E-state index >= 15 is 0 Å². The Morgan fingerprint density at radius 3 is 2.75 bits per heavy atom. The first-order valence-electron chi connectivity index (χ1n) is 6.16. The summed E-state index contributed by atoms with van der Waals surface area (Å²) in [7, 11) is 0. The molecule has 0 fully saturated rings. The second kappa shape index (κ2) is 6.67. The summed E-state index contributed by atoms with van der Waals surface area (Å²) < 4.78 is 6.66. The Labute approximate surface area is 137 Å².